The van der Waals surface area contributed by atoms with Crippen molar-refractivity contribution in [1.29, 1.82) is 0 Å². The summed E-state index contributed by atoms with van der Waals surface area (Å²) in [7, 11) is 0. The lowest BCUT2D eigenvalue weighted by molar-refractivity contribution is -0.190. The van der Waals surface area contributed by atoms with E-state index >= 15 is 0 Å². The number of piperidine rings is 1. The number of hydrogen-bond donors (Lipinski definition) is 4. The summed E-state index contributed by atoms with van der Waals surface area (Å²) in [6, 6.07) is -0.387. The Morgan fingerprint density at radius 1 is 1.00 bits per heavy atom. The Balaban J connectivity index is 1.84. The molecule has 5 unspecified atom stereocenters. The first kappa shape index (κ1) is 18.0. The Hall–Kier alpha value is -0.340. The number of aliphatic imine (C=N–C) groups is 1. The minimum absolute atomic E-state index is 0.387. The van der Waals surface area contributed by atoms with E-state index in [0.717, 1.165) is 12.8 Å². The molecule has 0 bridgehead atoms. The fourth-order valence-corrected chi connectivity index (χ4v) is 4.25. The van der Waals surface area contributed by atoms with Crippen LogP contribution in [0.4, 0.5) is 0 Å². The average Bonchev–Trinajstić information content (AvgIpc) is 2.94. The van der Waals surface area contributed by atoms with E-state index < -0.39 is 24.5 Å². The minimum Gasteiger partial charge on any atom is -0.388 e. The smallest absolute Gasteiger partial charge is 0.161 e. The molecule has 0 aromatic rings. The van der Waals surface area contributed by atoms with Crippen molar-refractivity contribution in [2.75, 3.05) is 12.3 Å². The van der Waals surface area contributed by atoms with Gasteiger partial charge in [-0.05, 0) is 6.42 Å². The minimum atomic E-state index is -1.37. The third-order valence-electron chi connectivity index (χ3n) is 4.40. The van der Waals surface area contributed by atoms with Crippen LogP contribution in [0.5, 0.6) is 0 Å². The topological polar surface area (TPSA) is 96.5 Å². The molecule has 2 rings (SSSR count). The van der Waals surface area contributed by atoms with E-state index in [2.05, 4.69) is 11.9 Å². The number of amidine groups is 1. The number of hydrogen-bond acceptors (Lipinski definition) is 6. The highest BCUT2D eigenvalue weighted by atomic mass is 32.2. The van der Waals surface area contributed by atoms with Gasteiger partial charge in [-0.25, -0.2) is 0 Å². The van der Waals surface area contributed by atoms with E-state index in [1.807, 2.05) is 0 Å². The largest absolute Gasteiger partial charge is 0.388 e. The lowest BCUT2D eigenvalue weighted by atomic mass is 9.94. The second-order valence-electron chi connectivity index (χ2n) is 6.10. The molecule has 2 heterocycles. The van der Waals surface area contributed by atoms with E-state index in [-0.39, 0.29) is 6.04 Å². The van der Waals surface area contributed by atoms with Crippen LogP contribution < -0.4 is 0 Å². The van der Waals surface area contributed by atoms with Gasteiger partial charge in [-0.3, -0.25) is 4.99 Å². The third-order valence-corrected chi connectivity index (χ3v) is 5.51. The molecule has 2 aliphatic heterocycles. The van der Waals surface area contributed by atoms with Crippen LogP contribution in [0.3, 0.4) is 0 Å². The predicted molar refractivity (Wildman–Crippen MR) is 87.8 cm³/mol. The van der Waals surface area contributed by atoms with Gasteiger partial charge >= 0.3 is 0 Å². The highest BCUT2D eigenvalue weighted by Gasteiger charge is 2.51. The molecule has 0 aliphatic carbocycles. The number of unbranched alkanes of at least 4 members (excludes halogenated alkanes) is 5. The molecule has 0 aromatic carbocycles. The zero-order chi connectivity index (χ0) is 16.1. The van der Waals surface area contributed by atoms with Gasteiger partial charge in [-0.1, -0.05) is 50.8 Å². The van der Waals surface area contributed by atoms with E-state index in [1.54, 1.807) is 4.90 Å². The maximum Gasteiger partial charge on any atom is 0.161 e. The number of rotatable bonds is 7. The Morgan fingerprint density at radius 3 is 2.41 bits per heavy atom. The summed E-state index contributed by atoms with van der Waals surface area (Å²) in [6.45, 7) is 2.89. The Kier molecular flexibility index (Phi) is 6.95. The van der Waals surface area contributed by atoms with Gasteiger partial charge < -0.3 is 25.3 Å². The molecular weight excluding hydrogens is 304 g/mol. The van der Waals surface area contributed by atoms with E-state index in [1.165, 1.54) is 37.4 Å². The summed E-state index contributed by atoms with van der Waals surface area (Å²) >= 11 is 1.46. The van der Waals surface area contributed by atoms with Gasteiger partial charge in [0, 0.05) is 12.3 Å². The molecule has 2 fully saturated rings. The summed E-state index contributed by atoms with van der Waals surface area (Å²) < 4.78 is 0. The van der Waals surface area contributed by atoms with Crippen LogP contribution in [0, 0.1) is 0 Å². The van der Waals surface area contributed by atoms with Crippen LogP contribution >= 0.6 is 11.8 Å². The Morgan fingerprint density at radius 2 is 1.68 bits per heavy atom. The highest BCUT2D eigenvalue weighted by Crippen LogP contribution is 2.34. The van der Waals surface area contributed by atoms with Crippen molar-refractivity contribution in [2.45, 2.75) is 76.0 Å². The van der Waals surface area contributed by atoms with Crippen molar-refractivity contribution in [1.82, 2.24) is 4.90 Å². The van der Waals surface area contributed by atoms with Crippen molar-refractivity contribution < 1.29 is 20.4 Å². The summed E-state index contributed by atoms with van der Waals surface area (Å²) in [5.41, 5.74) is 0. The molecule has 0 saturated carbocycles. The zero-order valence-corrected chi connectivity index (χ0v) is 14.0. The monoisotopic (exact) mass is 332 g/mol. The van der Waals surface area contributed by atoms with Crippen LogP contribution in [-0.2, 0) is 0 Å². The molecular formula is C15H28N2O4S. The van der Waals surface area contributed by atoms with E-state index in [0.29, 0.717) is 17.5 Å². The Bertz CT molecular complexity index is 383. The van der Waals surface area contributed by atoms with Crippen LogP contribution in [0.2, 0.25) is 0 Å². The van der Waals surface area contributed by atoms with Gasteiger partial charge in [0.1, 0.15) is 18.3 Å². The molecule has 22 heavy (non-hydrogen) atoms. The van der Waals surface area contributed by atoms with Gasteiger partial charge in [0.25, 0.3) is 0 Å². The first-order chi connectivity index (χ1) is 10.6. The molecule has 0 spiro atoms. The summed E-state index contributed by atoms with van der Waals surface area (Å²) in [6.07, 6.45) is 2.23. The molecule has 6 nitrogen and oxygen atoms in total. The molecule has 4 N–H and O–H groups in total. The van der Waals surface area contributed by atoms with Crippen LogP contribution in [0.1, 0.15) is 45.4 Å². The number of aliphatic hydroxyl groups is 4. The van der Waals surface area contributed by atoms with Crippen molar-refractivity contribution >= 4 is 16.9 Å². The number of aliphatic hydroxyl groups excluding tert-OH is 4. The standard InChI is InChI=1S/C15H28N2O4S/c1-2-3-4-5-6-7-8-16-15-17-10(9-22-15)11(18)12(19)13(20)14(17)21/h10-14,18-21H,2-9H2,1H3/b16-15-. The van der Waals surface area contributed by atoms with Crippen LogP contribution in [0.15, 0.2) is 4.99 Å². The maximum absolute atomic E-state index is 10.1. The molecule has 2 saturated heterocycles. The number of nitrogens with zero attached hydrogens (tertiary/aromatic N) is 2. The predicted octanol–water partition coefficient (Wildman–Crippen LogP) is 0.535. The number of thioether (sulfide) groups is 1. The van der Waals surface area contributed by atoms with Crippen molar-refractivity contribution in [3.63, 3.8) is 0 Å². The first-order valence-electron chi connectivity index (χ1n) is 8.25. The SMILES string of the molecule is CCCCCCCC/N=C1\SCC2C(O)C(O)C(O)C(O)N12. The highest BCUT2D eigenvalue weighted by molar-refractivity contribution is 8.14. The quantitative estimate of drug-likeness (QED) is 0.508. The van der Waals surface area contributed by atoms with Gasteiger partial charge in [0.15, 0.2) is 11.4 Å². The lowest BCUT2D eigenvalue weighted by Crippen LogP contribution is -2.65. The van der Waals surface area contributed by atoms with Crippen molar-refractivity contribution in [2.24, 2.45) is 4.99 Å². The summed E-state index contributed by atoms with van der Waals surface area (Å²) in [5, 5.41) is 40.3. The fraction of sp³-hybridized carbons (Fsp3) is 0.933. The Labute approximate surface area is 136 Å². The van der Waals surface area contributed by atoms with Gasteiger partial charge in [0.05, 0.1) is 6.04 Å². The summed E-state index contributed by atoms with van der Waals surface area (Å²) in [5.74, 6) is 0.567. The van der Waals surface area contributed by atoms with E-state index in [9.17, 15) is 20.4 Å². The second kappa shape index (κ2) is 8.49. The van der Waals surface area contributed by atoms with E-state index in [4.69, 9.17) is 0 Å². The van der Waals surface area contributed by atoms with Gasteiger partial charge in [-0.15, -0.1) is 0 Å². The zero-order valence-electron chi connectivity index (χ0n) is 13.1. The second-order valence-corrected chi connectivity index (χ2v) is 7.09. The van der Waals surface area contributed by atoms with Crippen molar-refractivity contribution in [3.8, 4) is 0 Å². The molecule has 0 radical (unpaired) electrons. The lowest BCUT2D eigenvalue weighted by Gasteiger charge is -2.44. The van der Waals surface area contributed by atoms with Gasteiger partial charge in [-0.2, -0.15) is 0 Å². The van der Waals surface area contributed by atoms with Crippen LogP contribution in [-0.4, -0.2) is 73.4 Å². The molecule has 128 valence electrons. The molecule has 0 amide bonds. The third kappa shape index (κ3) is 3.94. The molecule has 7 heteroatoms. The normalized spacial score (nSPS) is 36.9. The molecule has 0 aromatic heterocycles. The average molecular weight is 332 g/mol. The summed E-state index contributed by atoms with van der Waals surface area (Å²) in [4.78, 5) is 6.07. The first-order valence-corrected chi connectivity index (χ1v) is 9.24. The number of fused-ring (bicyclic) bond motifs is 1. The van der Waals surface area contributed by atoms with Gasteiger partial charge in [0.2, 0.25) is 0 Å². The molecule has 5 atom stereocenters. The fourth-order valence-electron chi connectivity index (χ4n) is 2.99. The molecule has 2 aliphatic rings. The van der Waals surface area contributed by atoms with Crippen LogP contribution in [0.25, 0.3) is 0 Å². The van der Waals surface area contributed by atoms with Crippen molar-refractivity contribution in [3.05, 3.63) is 0 Å². The maximum atomic E-state index is 10.1.